The molecule has 0 aliphatic carbocycles. The van der Waals surface area contributed by atoms with Crippen LogP contribution in [0, 0.1) is 6.92 Å². The first-order valence-electron chi connectivity index (χ1n) is 7.88. The molecule has 0 saturated carbocycles. The Hall–Kier alpha value is -2.35. The monoisotopic (exact) mass is 421 g/mol. The summed E-state index contributed by atoms with van der Waals surface area (Å²) in [5.41, 5.74) is 1.05. The summed E-state index contributed by atoms with van der Waals surface area (Å²) in [6.07, 6.45) is 0. The molecule has 3 rings (SSSR count). The molecule has 0 N–H and O–H groups in total. The third-order valence-corrected chi connectivity index (χ3v) is 6.72. The average molecular weight is 422 g/mol. The molecule has 0 saturated heterocycles. The first-order chi connectivity index (χ1) is 12.8. The summed E-state index contributed by atoms with van der Waals surface area (Å²) < 4.78 is 32.4. The largest absolute Gasteiger partial charge is 0.495 e. The highest BCUT2D eigenvalue weighted by Gasteiger charge is 2.32. The standard InChI is InChI=1S/C19H16ClNO4S2/c1-13-5-8-15(9-6-13)27(23,24)21(19(22)18-4-3-11-26-18)14-7-10-17(25-2)16(20)12-14/h3-12H,1-2H3. The maximum atomic E-state index is 13.3. The molecule has 0 spiro atoms. The second-order valence-corrected chi connectivity index (χ2v) is 8.83. The normalized spacial score (nSPS) is 11.2. The Labute approximate surface area is 166 Å². The summed E-state index contributed by atoms with van der Waals surface area (Å²) in [5.74, 6) is -0.261. The van der Waals surface area contributed by atoms with Gasteiger partial charge in [0.15, 0.2) is 0 Å². The van der Waals surface area contributed by atoms with Crippen molar-refractivity contribution in [2.24, 2.45) is 0 Å². The predicted molar refractivity (Wildman–Crippen MR) is 107 cm³/mol. The molecule has 0 unspecified atom stereocenters. The van der Waals surface area contributed by atoms with Crippen LogP contribution in [0.3, 0.4) is 0 Å². The number of nitrogens with zero attached hydrogens (tertiary/aromatic N) is 1. The van der Waals surface area contributed by atoms with Crippen molar-refractivity contribution in [3.63, 3.8) is 0 Å². The van der Waals surface area contributed by atoms with Gasteiger partial charge in [0.25, 0.3) is 15.9 Å². The minimum absolute atomic E-state index is 0.0185. The molecule has 0 radical (unpaired) electrons. The molecule has 0 atom stereocenters. The van der Waals surface area contributed by atoms with Crippen molar-refractivity contribution in [1.29, 1.82) is 0 Å². The topological polar surface area (TPSA) is 63.7 Å². The van der Waals surface area contributed by atoms with Crippen molar-refractivity contribution in [2.45, 2.75) is 11.8 Å². The van der Waals surface area contributed by atoms with Gasteiger partial charge in [-0.1, -0.05) is 35.4 Å². The van der Waals surface area contributed by atoms with Crippen LogP contribution in [-0.2, 0) is 10.0 Å². The van der Waals surface area contributed by atoms with E-state index in [2.05, 4.69) is 0 Å². The molecule has 8 heteroatoms. The summed E-state index contributed by atoms with van der Waals surface area (Å²) >= 11 is 7.33. The molecule has 0 bridgehead atoms. The van der Waals surface area contributed by atoms with Gasteiger partial charge in [-0.2, -0.15) is 4.31 Å². The van der Waals surface area contributed by atoms with E-state index in [-0.39, 0.29) is 15.6 Å². The summed E-state index contributed by atoms with van der Waals surface area (Å²) in [6, 6.07) is 14.0. The SMILES string of the molecule is COc1ccc(N(C(=O)c2cccs2)S(=O)(=O)c2ccc(C)cc2)cc1Cl. The lowest BCUT2D eigenvalue weighted by Gasteiger charge is -2.23. The number of thiophene rings is 1. The van der Waals surface area contributed by atoms with Crippen molar-refractivity contribution in [1.82, 2.24) is 0 Å². The number of anilines is 1. The number of ether oxygens (including phenoxy) is 1. The fraction of sp³-hybridized carbons (Fsp3) is 0.105. The Morgan fingerprint density at radius 3 is 2.37 bits per heavy atom. The number of rotatable bonds is 5. The number of sulfonamides is 1. The van der Waals surface area contributed by atoms with Crippen molar-refractivity contribution < 1.29 is 17.9 Å². The molecule has 5 nitrogen and oxygen atoms in total. The fourth-order valence-electron chi connectivity index (χ4n) is 2.46. The highest BCUT2D eigenvalue weighted by Crippen LogP contribution is 2.33. The lowest BCUT2D eigenvalue weighted by Crippen LogP contribution is -2.36. The van der Waals surface area contributed by atoms with Crippen LogP contribution < -0.4 is 9.04 Å². The first kappa shape index (κ1) is 19.4. The summed E-state index contributed by atoms with van der Waals surface area (Å²) in [4.78, 5) is 13.4. The Balaban J connectivity index is 2.17. The number of halogens is 1. The number of methoxy groups -OCH3 is 1. The van der Waals surface area contributed by atoms with Gasteiger partial charge in [0, 0.05) is 0 Å². The molecule has 3 aromatic rings. The van der Waals surface area contributed by atoms with Gasteiger partial charge < -0.3 is 4.74 Å². The van der Waals surface area contributed by atoms with Crippen molar-refractivity contribution in [3.05, 3.63) is 75.4 Å². The zero-order valence-electron chi connectivity index (χ0n) is 14.5. The maximum absolute atomic E-state index is 13.3. The van der Waals surface area contributed by atoms with Gasteiger partial charge in [-0.25, -0.2) is 8.42 Å². The first-order valence-corrected chi connectivity index (χ1v) is 10.6. The third kappa shape index (κ3) is 3.85. The van der Waals surface area contributed by atoms with Gasteiger partial charge in [-0.15, -0.1) is 11.3 Å². The fourth-order valence-corrected chi connectivity index (χ4v) is 4.82. The third-order valence-electron chi connectivity index (χ3n) is 3.85. The van der Waals surface area contributed by atoms with Gasteiger partial charge in [0.2, 0.25) is 0 Å². The van der Waals surface area contributed by atoms with Gasteiger partial charge in [0.1, 0.15) is 5.75 Å². The predicted octanol–water partition coefficient (Wildman–Crippen LogP) is 4.75. The smallest absolute Gasteiger partial charge is 0.282 e. The zero-order valence-corrected chi connectivity index (χ0v) is 16.9. The van der Waals surface area contributed by atoms with Crippen LogP contribution in [0.25, 0.3) is 0 Å². The Morgan fingerprint density at radius 1 is 1.11 bits per heavy atom. The second-order valence-electron chi connectivity index (χ2n) is 5.68. The van der Waals surface area contributed by atoms with Crippen LogP contribution in [0.2, 0.25) is 5.02 Å². The summed E-state index contributed by atoms with van der Waals surface area (Å²) in [6.45, 7) is 1.86. The highest BCUT2D eigenvalue weighted by atomic mass is 35.5. The van der Waals surface area contributed by atoms with E-state index < -0.39 is 15.9 Å². The Kier molecular flexibility index (Phi) is 5.55. The van der Waals surface area contributed by atoms with Crippen molar-refractivity contribution >= 4 is 44.6 Å². The van der Waals surface area contributed by atoms with E-state index >= 15 is 0 Å². The van der Waals surface area contributed by atoms with Crippen LogP contribution in [-0.4, -0.2) is 21.4 Å². The van der Waals surface area contributed by atoms with Gasteiger partial charge in [-0.3, -0.25) is 4.79 Å². The Morgan fingerprint density at radius 2 is 1.81 bits per heavy atom. The lowest BCUT2D eigenvalue weighted by molar-refractivity contribution is 0.101. The number of amides is 1. The van der Waals surface area contributed by atoms with E-state index in [0.29, 0.717) is 10.6 Å². The molecule has 2 aromatic carbocycles. The zero-order chi connectivity index (χ0) is 19.6. The second kappa shape index (κ2) is 7.72. The average Bonchev–Trinajstić information content (AvgIpc) is 3.17. The minimum atomic E-state index is -4.14. The van der Waals surface area contributed by atoms with Crippen LogP contribution in [0.15, 0.2) is 64.9 Å². The molecular weight excluding hydrogens is 406 g/mol. The molecule has 1 amide bonds. The molecule has 1 aromatic heterocycles. The maximum Gasteiger partial charge on any atom is 0.282 e. The van der Waals surface area contributed by atoms with Crippen LogP contribution in [0.4, 0.5) is 5.69 Å². The van der Waals surface area contributed by atoms with E-state index in [1.165, 1.54) is 48.8 Å². The van der Waals surface area contributed by atoms with Gasteiger partial charge >= 0.3 is 0 Å². The summed E-state index contributed by atoms with van der Waals surface area (Å²) in [7, 11) is -2.68. The number of hydrogen-bond donors (Lipinski definition) is 0. The number of carbonyl (C=O) groups is 1. The summed E-state index contributed by atoms with van der Waals surface area (Å²) in [5, 5.41) is 1.92. The Bertz CT molecular complexity index is 1060. The van der Waals surface area contributed by atoms with E-state index in [4.69, 9.17) is 16.3 Å². The minimum Gasteiger partial charge on any atom is -0.495 e. The highest BCUT2D eigenvalue weighted by molar-refractivity contribution is 7.93. The number of benzene rings is 2. The van der Waals surface area contributed by atoms with E-state index in [0.717, 1.165) is 9.87 Å². The molecule has 0 fully saturated rings. The van der Waals surface area contributed by atoms with Crippen LogP contribution >= 0.6 is 22.9 Å². The van der Waals surface area contributed by atoms with Gasteiger partial charge in [0.05, 0.1) is 27.6 Å². The van der Waals surface area contributed by atoms with E-state index in [9.17, 15) is 13.2 Å². The molecular formula is C19H16ClNO4S2. The van der Waals surface area contributed by atoms with Gasteiger partial charge in [-0.05, 0) is 48.7 Å². The van der Waals surface area contributed by atoms with Crippen LogP contribution in [0.5, 0.6) is 5.75 Å². The molecule has 27 heavy (non-hydrogen) atoms. The van der Waals surface area contributed by atoms with Crippen molar-refractivity contribution in [3.8, 4) is 5.75 Å². The number of hydrogen-bond acceptors (Lipinski definition) is 5. The lowest BCUT2D eigenvalue weighted by atomic mass is 10.2. The number of carbonyl (C=O) groups excluding carboxylic acids is 1. The molecule has 1 heterocycles. The molecule has 0 aliphatic rings. The van der Waals surface area contributed by atoms with E-state index in [1.807, 2.05) is 6.92 Å². The molecule has 140 valence electrons. The quantitative estimate of drug-likeness (QED) is 0.596. The van der Waals surface area contributed by atoms with Crippen LogP contribution in [0.1, 0.15) is 15.2 Å². The molecule has 0 aliphatic heterocycles. The number of aryl methyl sites for hydroxylation is 1. The van der Waals surface area contributed by atoms with Crippen molar-refractivity contribution in [2.75, 3.05) is 11.4 Å². The van der Waals surface area contributed by atoms with E-state index in [1.54, 1.807) is 29.6 Å².